The monoisotopic (exact) mass is 251 g/mol. The van der Waals surface area contributed by atoms with E-state index in [0.29, 0.717) is 11.3 Å². The summed E-state index contributed by atoms with van der Waals surface area (Å²) in [6.45, 7) is 0. The van der Waals surface area contributed by atoms with E-state index in [-0.39, 0.29) is 0 Å². The van der Waals surface area contributed by atoms with E-state index in [2.05, 4.69) is 21.2 Å². The lowest BCUT2D eigenvalue weighted by atomic mass is 9.94. The van der Waals surface area contributed by atoms with Crippen molar-refractivity contribution in [1.82, 2.24) is 0 Å². The molecule has 14 heavy (non-hydrogen) atoms. The van der Waals surface area contributed by atoms with E-state index in [1.807, 2.05) is 6.07 Å². The molecule has 3 N–H and O–H groups in total. The third kappa shape index (κ3) is 1.05. The fourth-order valence-electron chi connectivity index (χ4n) is 1.41. The van der Waals surface area contributed by atoms with Gasteiger partial charge in [-0.05, 0) is 18.2 Å². The van der Waals surface area contributed by atoms with E-state index < -0.39 is 11.4 Å². The van der Waals surface area contributed by atoms with Crippen molar-refractivity contribution >= 4 is 27.5 Å². The molecule has 0 fully saturated rings. The Hall–Kier alpha value is -1.38. The molecule has 70 valence electrons. The van der Waals surface area contributed by atoms with Crippen molar-refractivity contribution in [3.05, 3.63) is 28.2 Å². The van der Waals surface area contributed by atoms with Crippen LogP contribution >= 0.6 is 15.9 Å². The van der Waals surface area contributed by atoms with Gasteiger partial charge in [0.25, 0.3) is 5.91 Å². The number of nitriles is 1. The second-order valence-electron chi connectivity index (χ2n) is 3.06. The molecule has 0 saturated carbocycles. The van der Waals surface area contributed by atoms with Crippen molar-refractivity contribution in [2.24, 2.45) is 5.73 Å². The molecule has 0 unspecified atom stereocenters. The molecule has 1 aromatic carbocycles. The van der Waals surface area contributed by atoms with E-state index in [1.54, 1.807) is 18.2 Å². The summed E-state index contributed by atoms with van der Waals surface area (Å²) in [7, 11) is 0. The number of rotatable bonds is 0. The Morgan fingerprint density at radius 3 is 2.93 bits per heavy atom. The number of nitrogens with zero attached hydrogens (tertiary/aromatic N) is 1. The van der Waals surface area contributed by atoms with Crippen molar-refractivity contribution in [2.75, 3.05) is 5.32 Å². The first-order chi connectivity index (χ1) is 6.58. The van der Waals surface area contributed by atoms with Gasteiger partial charge in [-0.2, -0.15) is 5.26 Å². The van der Waals surface area contributed by atoms with Gasteiger partial charge in [0.2, 0.25) is 5.54 Å². The van der Waals surface area contributed by atoms with Gasteiger partial charge >= 0.3 is 0 Å². The maximum atomic E-state index is 11.4. The SMILES string of the molecule is N#C[C@]1(N)C(=O)Nc2ccc(Br)cc21. The summed E-state index contributed by atoms with van der Waals surface area (Å²) in [5.41, 5.74) is 5.24. The first-order valence-corrected chi connectivity index (χ1v) is 4.69. The number of carbonyl (C=O) groups is 1. The molecule has 0 aromatic heterocycles. The zero-order chi connectivity index (χ0) is 10.3. The number of hydrogen-bond donors (Lipinski definition) is 2. The minimum absolute atomic E-state index is 0.479. The minimum atomic E-state index is -1.56. The summed E-state index contributed by atoms with van der Waals surface area (Å²) in [4.78, 5) is 11.4. The molecule has 1 aliphatic heterocycles. The van der Waals surface area contributed by atoms with Crippen LogP contribution in [-0.2, 0) is 10.3 Å². The third-order valence-electron chi connectivity index (χ3n) is 2.19. The van der Waals surface area contributed by atoms with Crippen molar-refractivity contribution in [2.45, 2.75) is 5.54 Å². The smallest absolute Gasteiger partial charge is 0.264 e. The van der Waals surface area contributed by atoms with Gasteiger partial charge in [-0.25, -0.2) is 0 Å². The highest BCUT2D eigenvalue weighted by molar-refractivity contribution is 9.10. The molecule has 2 rings (SSSR count). The quantitative estimate of drug-likeness (QED) is 0.725. The highest BCUT2D eigenvalue weighted by Crippen LogP contribution is 2.35. The van der Waals surface area contributed by atoms with Crippen LogP contribution in [0.2, 0.25) is 0 Å². The fraction of sp³-hybridized carbons (Fsp3) is 0.111. The van der Waals surface area contributed by atoms with Crippen LogP contribution in [0.4, 0.5) is 5.69 Å². The van der Waals surface area contributed by atoms with Crippen molar-refractivity contribution in [1.29, 1.82) is 5.26 Å². The Morgan fingerprint density at radius 2 is 2.29 bits per heavy atom. The van der Waals surface area contributed by atoms with Crippen LogP contribution in [0.15, 0.2) is 22.7 Å². The van der Waals surface area contributed by atoms with Crippen LogP contribution in [0.5, 0.6) is 0 Å². The Bertz CT molecular complexity index is 466. The Balaban J connectivity index is 2.69. The van der Waals surface area contributed by atoms with Crippen LogP contribution in [0.3, 0.4) is 0 Å². The second kappa shape index (κ2) is 2.80. The molecular formula is C9H6BrN3O. The van der Waals surface area contributed by atoms with Gasteiger partial charge in [0.15, 0.2) is 0 Å². The van der Waals surface area contributed by atoms with Crippen LogP contribution in [0, 0.1) is 11.3 Å². The molecule has 0 spiro atoms. The Labute approximate surface area is 88.8 Å². The average Bonchev–Trinajstić information content (AvgIpc) is 2.41. The van der Waals surface area contributed by atoms with Gasteiger partial charge in [-0.1, -0.05) is 15.9 Å². The molecule has 1 amide bonds. The molecule has 1 aromatic rings. The van der Waals surface area contributed by atoms with Gasteiger partial charge in [-0.3, -0.25) is 4.79 Å². The van der Waals surface area contributed by atoms with Crippen LogP contribution in [0.25, 0.3) is 0 Å². The maximum Gasteiger partial charge on any atom is 0.264 e. The van der Waals surface area contributed by atoms with Crippen molar-refractivity contribution in [3.8, 4) is 6.07 Å². The van der Waals surface area contributed by atoms with E-state index in [4.69, 9.17) is 11.0 Å². The first-order valence-electron chi connectivity index (χ1n) is 3.89. The zero-order valence-electron chi connectivity index (χ0n) is 7.04. The van der Waals surface area contributed by atoms with E-state index >= 15 is 0 Å². The summed E-state index contributed by atoms with van der Waals surface area (Å²) < 4.78 is 0.790. The molecule has 0 aliphatic carbocycles. The summed E-state index contributed by atoms with van der Waals surface area (Å²) in [5, 5.41) is 11.4. The lowest BCUT2D eigenvalue weighted by Crippen LogP contribution is -2.41. The van der Waals surface area contributed by atoms with Crippen molar-refractivity contribution in [3.63, 3.8) is 0 Å². The summed E-state index contributed by atoms with van der Waals surface area (Å²) in [5.74, 6) is -0.479. The van der Waals surface area contributed by atoms with Crippen molar-refractivity contribution < 1.29 is 4.79 Å². The van der Waals surface area contributed by atoms with E-state index in [0.717, 1.165) is 4.47 Å². The largest absolute Gasteiger partial charge is 0.323 e. The van der Waals surface area contributed by atoms with Gasteiger partial charge < -0.3 is 11.1 Å². The molecule has 0 bridgehead atoms. The normalized spacial score (nSPS) is 23.9. The molecule has 0 saturated heterocycles. The number of amides is 1. The average molecular weight is 252 g/mol. The van der Waals surface area contributed by atoms with Gasteiger partial charge in [0.05, 0.1) is 6.07 Å². The molecule has 1 aliphatic rings. The Kier molecular flexibility index (Phi) is 1.84. The number of carbonyl (C=O) groups excluding carboxylic acids is 1. The van der Waals surface area contributed by atoms with E-state index in [9.17, 15) is 4.79 Å². The molecule has 4 nitrogen and oxygen atoms in total. The lowest BCUT2D eigenvalue weighted by molar-refractivity contribution is -0.118. The molecule has 0 radical (unpaired) electrons. The number of hydrogen-bond acceptors (Lipinski definition) is 3. The second-order valence-corrected chi connectivity index (χ2v) is 3.98. The van der Waals surface area contributed by atoms with Crippen LogP contribution in [0.1, 0.15) is 5.56 Å². The fourth-order valence-corrected chi connectivity index (χ4v) is 1.77. The molecular weight excluding hydrogens is 246 g/mol. The molecule has 1 atom stereocenters. The summed E-state index contributed by atoms with van der Waals surface area (Å²) >= 11 is 3.26. The van der Waals surface area contributed by atoms with Gasteiger partial charge in [-0.15, -0.1) is 0 Å². The predicted molar refractivity (Wildman–Crippen MR) is 54.3 cm³/mol. The number of anilines is 1. The standard InChI is InChI=1S/C9H6BrN3O/c10-5-1-2-7-6(3-5)9(12,4-11)8(14)13-7/h1-3H,12H2,(H,13,14)/t9-/m1/s1. The third-order valence-corrected chi connectivity index (χ3v) is 2.68. The zero-order valence-corrected chi connectivity index (χ0v) is 8.63. The topological polar surface area (TPSA) is 78.9 Å². The van der Waals surface area contributed by atoms with Gasteiger partial charge in [0.1, 0.15) is 0 Å². The summed E-state index contributed by atoms with van der Waals surface area (Å²) in [6, 6.07) is 6.99. The predicted octanol–water partition coefficient (Wildman–Crippen LogP) is 1.08. The van der Waals surface area contributed by atoms with Crippen LogP contribution < -0.4 is 11.1 Å². The number of nitrogens with two attached hydrogens (primary N) is 1. The van der Waals surface area contributed by atoms with E-state index in [1.165, 1.54) is 0 Å². The Morgan fingerprint density at radius 1 is 1.57 bits per heavy atom. The van der Waals surface area contributed by atoms with Gasteiger partial charge in [0, 0.05) is 15.7 Å². The number of benzene rings is 1. The highest BCUT2D eigenvalue weighted by Gasteiger charge is 2.44. The molecule has 1 heterocycles. The number of fused-ring (bicyclic) bond motifs is 1. The lowest BCUT2D eigenvalue weighted by Gasteiger charge is -2.11. The maximum absolute atomic E-state index is 11.4. The highest BCUT2D eigenvalue weighted by atomic mass is 79.9. The molecule has 5 heteroatoms. The minimum Gasteiger partial charge on any atom is -0.323 e. The first kappa shape index (κ1) is 9.19. The number of halogens is 1. The van der Waals surface area contributed by atoms with Crippen LogP contribution in [-0.4, -0.2) is 5.91 Å². The summed E-state index contributed by atoms with van der Waals surface area (Å²) in [6.07, 6.45) is 0. The number of nitrogens with one attached hydrogen (secondary N) is 1.